The molecule has 2 unspecified atom stereocenters. The third-order valence-electron chi connectivity index (χ3n) is 2.22. The zero-order chi connectivity index (χ0) is 10.1. The Balaban J connectivity index is 2.77. The van der Waals surface area contributed by atoms with E-state index in [0.717, 1.165) is 0 Å². The predicted octanol–water partition coefficient (Wildman–Crippen LogP) is -1.08. The molecule has 0 amide bonds. The molecular formula is C7H13NO4S. The highest BCUT2D eigenvalue weighted by atomic mass is 32.2. The number of carbonyl (C=O) groups excluding carboxylic acids is 1. The van der Waals surface area contributed by atoms with Crippen LogP contribution >= 0.6 is 0 Å². The van der Waals surface area contributed by atoms with Gasteiger partial charge < -0.3 is 10.5 Å². The molecule has 0 aliphatic carbocycles. The van der Waals surface area contributed by atoms with Gasteiger partial charge in [-0.15, -0.1) is 0 Å². The summed E-state index contributed by atoms with van der Waals surface area (Å²) in [5.74, 6) is -1.33. The Morgan fingerprint density at radius 3 is 2.69 bits per heavy atom. The topological polar surface area (TPSA) is 86.5 Å². The van der Waals surface area contributed by atoms with Crippen molar-refractivity contribution in [1.82, 2.24) is 0 Å². The largest absolute Gasteiger partial charge is 0.469 e. The van der Waals surface area contributed by atoms with E-state index >= 15 is 0 Å². The van der Waals surface area contributed by atoms with Gasteiger partial charge in [0.25, 0.3) is 0 Å². The van der Waals surface area contributed by atoms with Gasteiger partial charge >= 0.3 is 5.97 Å². The molecule has 0 radical (unpaired) electrons. The van der Waals surface area contributed by atoms with Crippen molar-refractivity contribution in [1.29, 1.82) is 0 Å². The molecule has 6 heteroatoms. The zero-order valence-corrected chi connectivity index (χ0v) is 8.21. The predicted molar refractivity (Wildman–Crippen MR) is 46.8 cm³/mol. The highest BCUT2D eigenvalue weighted by molar-refractivity contribution is 7.91. The smallest absolute Gasteiger partial charge is 0.311 e. The lowest BCUT2D eigenvalue weighted by atomic mass is 10.0. The monoisotopic (exact) mass is 207 g/mol. The molecule has 0 saturated carbocycles. The van der Waals surface area contributed by atoms with Crippen LogP contribution in [-0.4, -0.2) is 39.0 Å². The van der Waals surface area contributed by atoms with Crippen LogP contribution in [0, 0.1) is 5.92 Å². The van der Waals surface area contributed by atoms with Crippen LogP contribution in [-0.2, 0) is 19.4 Å². The summed E-state index contributed by atoms with van der Waals surface area (Å²) in [6.07, 6.45) is 0.335. The molecule has 2 atom stereocenters. The minimum atomic E-state index is -3.10. The Kier molecular flexibility index (Phi) is 2.92. The van der Waals surface area contributed by atoms with E-state index < -0.39 is 27.8 Å². The summed E-state index contributed by atoms with van der Waals surface area (Å²) in [5, 5.41) is 0. The van der Waals surface area contributed by atoms with Gasteiger partial charge in [0.1, 0.15) is 0 Å². The molecule has 1 aliphatic rings. The first-order valence-electron chi connectivity index (χ1n) is 4.00. The molecule has 13 heavy (non-hydrogen) atoms. The zero-order valence-electron chi connectivity index (χ0n) is 7.39. The Morgan fingerprint density at radius 2 is 2.15 bits per heavy atom. The molecule has 1 aliphatic heterocycles. The van der Waals surface area contributed by atoms with Crippen LogP contribution in [0.2, 0.25) is 0 Å². The number of methoxy groups -OCH3 is 1. The number of hydrogen-bond acceptors (Lipinski definition) is 5. The van der Waals surface area contributed by atoms with Crippen LogP contribution in [0.15, 0.2) is 0 Å². The van der Waals surface area contributed by atoms with Crippen LogP contribution in [0.4, 0.5) is 0 Å². The Morgan fingerprint density at radius 1 is 1.54 bits per heavy atom. The molecule has 1 saturated heterocycles. The maximum atomic E-state index is 11.2. The second-order valence-corrected chi connectivity index (χ2v) is 5.43. The summed E-state index contributed by atoms with van der Waals surface area (Å²) in [5.41, 5.74) is 5.61. The van der Waals surface area contributed by atoms with Crippen LogP contribution in [0.1, 0.15) is 6.42 Å². The molecule has 1 rings (SSSR count). The normalized spacial score (nSPS) is 32.5. The van der Waals surface area contributed by atoms with E-state index in [0.29, 0.717) is 6.42 Å². The SMILES string of the molecule is COC(=O)C1CS(=O)(=O)CCC1N. The summed E-state index contributed by atoms with van der Waals surface area (Å²) in [6, 6.07) is -0.393. The molecule has 1 fully saturated rings. The number of carbonyl (C=O) groups is 1. The lowest BCUT2D eigenvalue weighted by Crippen LogP contribution is -2.46. The molecule has 5 nitrogen and oxygen atoms in total. The minimum Gasteiger partial charge on any atom is -0.469 e. The van der Waals surface area contributed by atoms with E-state index in [-0.39, 0.29) is 11.5 Å². The third kappa shape index (κ3) is 2.41. The van der Waals surface area contributed by atoms with Gasteiger partial charge in [-0.3, -0.25) is 4.79 Å². The average Bonchev–Trinajstić information content (AvgIpc) is 2.08. The fourth-order valence-corrected chi connectivity index (χ4v) is 3.12. The van der Waals surface area contributed by atoms with Crippen LogP contribution in [0.5, 0.6) is 0 Å². The van der Waals surface area contributed by atoms with Gasteiger partial charge in [0.05, 0.1) is 24.5 Å². The van der Waals surface area contributed by atoms with E-state index in [1.807, 2.05) is 0 Å². The highest BCUT2D eigenvalue weighted by Gasteiger charge is 2.36. The summed E-state index contributed by atoms with van der Waals surface area (Å²) in [7, 11) is -1.87. The van der Waals surface area contributed by atoms with Crippen molar-refractivity contribution >= 4 is 15.8 Å². The van der Waals surface area contributed by atoms with Crippen molar-refractivity contribution in [2.75, 3.05) is 18.6 Å². The first-order valence-corrected chi connectivity index (χ1v) is 5.82. The quantitative estimate of drug-likeness (QED) is 0.553. The molecule has 0 aromatic rings. The Bertz CT molecular complexity index is 298. The second kappa shape index (κ2) is 3.63. The van der Waals surface area contributed by atoms with Gasteiger partial charge in [0.15, 0.2) is 9.84 Å². The van der Waals surface area contributed by atoms with Gasteiger partial charge in [0, 0.05) is 6.04 Å². The first kappa shape index (κ1) is 10.5. The van der Waals surface area contributed by atoms with E-state index in [1.54, 1.807) is 0 Å². The number of ether oxygens (including phenoxy) is 1. The van der Waals surface area contributed by atoms with Gasteiger partial charge in [-0.05, 0) is 6.42 Å². The summed E-state index contributed by atoms with van der Waals surface area (Å²) in [6.45, 7) is 0. The van der Waals surface area contributed by atoms with E-state index in [2.05, 4.69) is 4.74 Å². The molecule has 1 heterocycles. The summed E-state index contributed by atoms with van der Waals surface area (Å²) in [4.78, 5) is 11.1. The molecule has 0 aromatic carbocycles. The number of rotatable bonds is 1. The molecule has 76 valence electrons. The van der Waals surface area contributed by atoms with Gasteiger partial charge in [-0.2, -0.15) is 0 Å². The standard InChI is InChI=1S/C7H13NO4S/c1-12-7(9)5-4-13(10,11)3-2-6(5)8/h5-6H,2-4,8H2,1H3. The van der Waals surface area contributed by atoms with Crippen LogP contribution in [0.3, 0.4) is 0 Å². The van der Waals surface area contributed by atoms with Crippen molar-refractivity contribution in [2.24, 2.45) is 11.7 Å². The van der Waals surface area contributed by atoms with E-state index in [1.165, 1.54) is 7.11 Å². The second-order valence-electron chi connectivity index (χ2n) is 3.20. The highest BCUT2D eigenvalue weighted by Crippen LogP contribution is 2.18. The number of sulfone groups is 1. The molecule has 0 bridgehead atoms. The Labute approximate surface area is 77.2 Å². The van der Waals surface area contributed by atoms with Crippen LogP contribution in [0.25, 0.3) is 0 Å². The van der Waals surface area contributed by atoms with Gasteiger partial charge in [-0.25, -0.2) is 8.42 Å². The van der Waals surface area contributed by atoms with Crippen molar-refractivity contribution in [3.63, 3.8) is 0 Å². The van der Waals surface area contributed by atoms with Crippen molar-refractivity contribution in [3.05, 3.63) is 0 Å². The van der Waals surface area contributed by atoms with Crippen molar-refractivity contribution < 1.29 is 17.9 Å². The number of hydrogen-bond donors (Lipinski definition) is 1. The lowest BCUT2D eigenvalue weighted by Gasteiger charge is -2.25. The minimum absolute atomic E-state index is 0.0711. The number of esters is 1. The summed E-state index contributed by atoms with van der Waals surface area (Å²) < 4.78 is 26.8. The first-order chi connectivity index (χ1) is 5.96. The molecule has 0 spiro atoms. The van der Waals surface area contributed by atoms with Gasteiger partial charge in [-0.1, -0.05) is 0 Å². The van der Waals surface area contributed by atoms with Crippen LogP contribution < -0.4 is 5.73 Å². The third-order valence-corrected chi connectivity index (χ3v) is 3.94. The average molecular weight is 207 g/mol. The molecular weight excluding hydrogens is 194 g/mol. The lowest BCUT2D eigenvalue weighted by molar-refractivity contribution is -0.145. The van der Waals surface area contributed by atoms with Gasteiger partial charge in [0.2, 0.25) is 0 Å². The van der Waals surface area contributed by atoms with Crippen molar-refractivity contribution in [2.45, 2.75) is 12.5 Å². The maximum Gasteiger partial charge on any atom is 0.311 e. The van der Waals surface area contributed by atoms with E-state index in [9.17, 15) is 13.2 Å². The number of nitrogens with two attached hydrogens (primary N) is 1. The molecule has 2 N–H and O–H groups in total. The molecule has 0 aromatic heterocycles. The summed E-state index contributed by atoms with van der Waals surface area (Å²) >= 11 is 0. The Hall–Kier alpha value is -0.620. The van der Waals surface area contributed by atoms with E-state index in [4.69, 9.17) is 5.73 Å². The maximum absolute atomic E-state index is 11.2. The fourth-order valence-electron chi connectivity index (χ4n) is 1.39. The fraction of sp³-hybridized carbons (Fsp3) is 0.857. The van der Waals surface area contributed by atoms with Crippen molar-refractivity contribution in [3.8, 4) is 0 Å².